The number of hydrogen-bond donors (Lipinski definition) is 0. The van der Waals surface area contributed by atoms with Gasteiger partial charge in [0.1, 0.15) is 5.82 Å². The van der Waals surface area contributed by atoms with Crippen molar-refractivity contribution in [3.8, 4) is 6.07 Å². The van der Waals surface area contributed by atoms with Crippen LogP contribution in [0.3, 0.4) is 0 Å². The van der Waals surface area contributed by atoms with Crippen LogP contribution in [0.2, 0.25) is 0 Å². The van der Waals surface area contributed by atoms with E-state index in [1.807, 2.05) is 6.07 Å². The maximum absolute atomic E-state index is 13.2. The Bertz CT molecular complexity index is 679. The second kappa shape index (κ2) is 5.93. The fourth-order valence-electron chi connectivity index (χ4n) is 1.78. The van der Waals surface area contributed by atoms with Crippen LogP contribution in [-0.2, 0) is 6.42 Å². The Morgan fingerprint density at radius 1 is 1.40 bits per heavy atom. The summed E-state index contributed by atoms with van der Waals surface area (Å²) in [4.78, 5) is 17.7. The summed E-state index contributed by atoms with van der Waals surface area (Å²) < 4.78 is 13.2. The molecule has 4 nitrogen and oxygen atoms in total. The Labute approximate surface area is 116 Å². The highest BCUT2D eigenvalue weighted by Crippen LogP contribution is 2.17. The van der Waals surface area contributed by atoms with Crippen molar-refractivity contribution in [2.24, 2.45) is 0 Å². The minimum atomic E-state index is -0.401. The Hall–Kier alpha value is -2.74. The van der Waals surface area contributed by atoms with Crippen molar-refractivity contribution in [1.29, 1.82) is 5.26 Å². The average molecular weight is 269 g/mol. The lowest BCUT2D eigenvalue weighted by Crippen LogP contribution is -2.26. The number of carbonyl (C=O) groups is 1. The number of pyridine rings is 1. The molecule has 0 atom stereocenters. The van der Waals surface area contributed by atoms with E-state index in [1.165, 1.54) is 23.2 Å². The summed E-state index contributed by atoms with van der Waals surface area (Å²) in [6, 6.07) is 10.9. The number of aromatic nitrogens is 1. The van der Waals surface area contributed by atoms with Crippen LogP contribution < -0.4 is 4.90 Å². The number of halogens is 1. The van der Waals surface area contributed by atoms with E-state index in [4.69, 9.17) is 5.26 Å². The van der Waals surface area contributed by atoms with Gasteiger partial charge in [0, 0.05) is 24.5 Å². The zero-order valence-electron chi connectivity index (χ0n) is 10.9. The van der Waals surface area contributed by atoms with Gasteiger partial charge in [-0.15, -0.1) is 0 Å². The molecule has 0 N–H and O–H groups in total. The van der Waals surface area contributed by atoms with E-state index < -0.39 is 5.82 Å². The first-order valence-corrected chi connectivity index (χ1v) is 5.97. The van der Waals surface area contributed by atoms with Gasteiger partial charge in [0.15, 0.2) is 0 Å². The average Bonchev–Trinajstić information content (AvgIpc) is 2.46. The second-order valence-corrected chi connectivity index (χ2v) is 4.21. The molecule has 0 spiro atoms. The van der Waals surface area contributed by atoms with E-state index in [1.54, 1.807) is 31.3 Å². The Kier molecular flexibility index (Phi) is 4.06. The lowest BCUT2D eigenvalue weighted by atomic mass is 10.1. The maximum Gasteiger partial charge on any atom is 0.258 e. The minimum absolute atomic E-state index is 0.144. The summed E-state index contributed by atoms with van der Waals surface area (Å²) >= 11 is 0. The van der Waals surface area contributed by atoms with Crippen LogP contribution in [0, 0.1) is 17.1 Å². The molecule has 1 aromatic heterocycles. The van der Waals surface area contributed by atoms with Crippen molar-refractivity contribution in [3.05, 3.63) is 59.7 Å². The predicted octanol–water partition coefficient (Wildman–Crippen LogP) is 2.56. The second-order valence-electron chi connectivity index (χ2n) is 4.21. The zero-order valence-corrected chi connectivity index (χ0v) is 10.9. The molecule has 0 aliphatic heterocycles. The van der Waals surface area contributed by atoms with Gasteiger partial charge in [-0.3, -0.25) is 9.78 Å². The Morgan fingerprint density at radius 2 is 2.20 bits per heavy atom. The van der Waals surface area contributed by atoms with E-state index in [2.05, 4.69) is 4.98 Å². The highest BCUT2D eigenvalue weighted by molar-refractivity contribution is 6.05. The van der Waals surface area contributed by atoms with Gasteiger partial charge in [0.2, 0.25) is 0 Å². The van der Waals surface area contributed by atoms with Crippen LogP contribution in [0.5, 0.6) is 0 Å². The topological polar surface area (TPSA) is 57.0 Å². The van der Waals surface area contributed by atoms with Crippen LogP contribution >= 0.6 is 0 Å². The first-order valence-electron chi connectivity index (χ1n) is 5.97. The third-order valence-electron chi connectivity index (χ3n) is 2.82. The highest BCUT2D eigenvalue weighted by atomic mass is 19.1. The highest BCUT2D eigenvalue weighted by Gasteiger charge is 2.14. The predicted molar refractivity (Wildman–Crippen MR) is 72.7 cm³/mol. The molecule has 0 saturated carbocycles. The normalized spacial score (nSPS) is 9.85. The lowest BCUT2D eigenvalue weighted by molar-refractivity contribution is 0.0993. The van der Waals surface area contributed by atoms with Crippen LogP contribution in [0.15, 0.2) is 42.6 Å². The molecular formula is C15H12FN3O. The molecule has 0 aliphatic rings. The minimum Gasteiger partial charge on any atom is -0.311 e. The molecule has 0 aliphatic carbocycles. The summed E-state index contributed by atoms with van der Waals surface area (Å²) in [5.74, 6) is -0.681. The van der Waals surface area contributed by atoms with E-state index in [0.29, 0.717) is 16.9 Å². The van der Waals surface area contributed by atoms with Gasteiger partial charge in [-0.25, -0.2) is 4.39 Å². The maximum atomic E-state index is 13.2. The van der Waals surface area contributed by atoms with E-state index in [9.17, 15) is 9.18 Å². The molecule has 0 fully saturated rings. The summed E-state index contributed by atoms with van der Waals surface area (Å²) in [5.41, 5.74) is 1.41. The Morgan fingerprint density at radius 3 is 2.90 bits per heavy atom. The molecule has 1 aromatic carbocycles. The molecule has 2 rings (SSSR count). The van der Waals surface area contributed by atoms with E-state index in [-0.39, 0.29) is 12.3 Å². The molecular weight excluding hydrogens is 257 g/mol. The van der Waals surface area contributed by atoms with Gasteiger partial charge in [-0.05, 0) is 30.3 Å². The van der Waals surface area contributed by atoms with Crippen LogP contribution in [-0.4, -0.2) is 17.9 Å². The fourth-order valence-corrected chi connectivity index (χ4v) is 1.78. The number of benzene rings is 1. The summed E-state index contributed by atoms with van der Waals surface area (Å²) in [7, 11) is 1.57. The van der Waals surface area contributed by atoms with Gasteiger partial charge in [0.05, 0.1) is 18.2 Å². The third kappa shape index (κ3) is 2.98. The number of amides is 1. The molecule has 1 heterocycles. The van der Waals surface area contributed by atoms with Crippen molar-refractivity contribution < 1.29 is 9.18 Å². The van der Waals surface area contributed by atoms with Crippen molar-refractivity contribution in [2.75, 3.05) is 11.9 Å². The van der Waals surface area contributed by atoms with Gasteiger partial charge in [-0.1, -0.05) is 6.07 Å². The van der Waals surface area contributed by atoms with Crippen LogP contribution in [0.4, 0.5) is 10.1 Å². The van der Waals surface area contributed by atoms with Gasteiger partial charge >= 0.3 is 0 Å². The van der Waals surface area contributed by atoms with Crippen LogP contribution in [0.1, 0.15) is 16.1 Å². The van der Waals surface area contributed by atoms with Gasteiger partial charge < -0.3 is 4.90 Å². The summed E-state index contributed by atoms with van der Waals surface area (Å²) in [5, 5.41) is 8.64. The quantitative estimate of drug-likeness (QED) is 0.860. The van der Waals surface area contributed by atoms with Crippen LogP contribution in [0.25, 0.3) is 0 Å². The van der Waals surface area contributed by atoms with E-state index in [0.717, 1.165) is 0 Å². The van der Waals surface area contributed by atoms with E-state index >= 15 is 0 Å². The molecule has 2 aromatic rings. The monoisotopic (exact) mass is 269 g/mol. The largest absolute Gasteiger partial charge is 0.311 e. The summed E-state index contributed by atoms with van der Waals surface area (Å²) in [6.07, 6.45) is 1.63. The molecule has 0 saturated heterocycles. The molecule has 0 unspecified atom stereocenters. The third-order valence-corrected chi connectivity index (χ3v) is 2.82. The summed E-state index contributed by atoms with van der Waals surface area (Å²) in [6.45, 7) is 0. The number of nitriles is 1. The Balaban J connectivity index is 2.27. The number of carbonyl (C=O) groups excluding carboxylic acids is 1. The molecule has 5 heteroatoms. The number of rotatable bonds is 3. The number of anilines is 1. The zero-order chi connectivity index (χ0) is 14.5. The molecule has 1 amide bonds. The smallest absolute Gasteiger partial charge is 0.258 e. The lowest BCUT2D eigenvalue weighted by Gasteiger charge is -2.17. The fraction of sp³-hybridized carbons (Fsp3) is 0.133. The molecule has 20 heavy (non-hydrogen) atoms. The van der Waals surface area contributed by atoms with Crippen molar-refractivity contribution in [3.63, 3.8) is 0 Å². The first-order chi connectivity index (χ1) is 9.61. The molecule has 0 radical (unpaired) electrons. The number of hydrogen-bond acceptors (Lipinski definition) is 3. The van der Waals surface area contributed by atoms with Crippen molar-refractivity contribution in [2.45, 2.75) is 6.42 Å². The molecule has 0 bridgehead atoms. The van der Waals surface area contributed by atoms with Crippen molar-refractivity contribution >= 4 is 11.6 Å². The SMILES string of the molecule is CN(C(=O)c1ccnc(CC#N)c1)c1cccc(F)c1. The first kappa shape index (κ1) is 13.7. The standard InChI is InChI=1S/C15H12FN3O/c1-19(14-4-2-3-12(16)10-14)15(20)11-6-8-18-13(9-11)5-7-17/h2-4,6,8-10H,5H2,1H3. The molecule has 100 valence electrons. The van der Waals surface area contributed by atoms with Gasteiger partial charge in [0.25, 0.3) is 5.91 Å². The van der Waals surface area contributed by atoms with Crippen molar-refractivity contribution in [1.82, 2.24) is 4.98 Å². The number of nitrogens with zero attached hydrogens (tertiary/aromatic N) is 3. The van der Waals surface area contributed by atoms with Gasteiger partial charge in [-0.2, -0.15) is 5.26 Å².